The minimum Gasteiger partial charge on any atom is -0.497 e. The van der Waals surface area contributed by atoms with Crippen LogP contribution >= 0.6 is 11.3 Å². The van der Waals surface area contributed by atoms with Gasteiger partial charge in [0, 0.05) is 12.6 Å². The quantitative estimate of drug-likeness (QED) is 0.657. The summed E-state index contributed by atoms with van der Waals surface area (Å²) in [6.07, 6.45) is 4.80. The van der Waals surface area contributed by atoms with E-state index in [1.54, 1.807) is 36.6 Å². The van der Waals surface area contributed by atoms with E-state index in [1.807, 2.05) is 5.38 Å². The highest BCUT2D eigenvalue weighted by atomic mass is 32.1. The molecule has 2 aromatic rings. The second kappa shape index (κ2) is 11.0. The Morgan fingerprint density at radius 2 is 1.83 bits per heavy atom. The number of anilines is 1. The van der Waals surface area contributed by atoms with Crippen LogP contribution in [0.25, 0.3) is 0 Å². The van der Waals surface area contributed by atoms with Gasteiger partial charge in [0.15, 0.2) is 0 Å². The number of benzene rings is 1. The Morgan fingerprint density at radius 3 is 2.47 bits per heavy atom. The molecule has 1 atom stereocenters. The van der Waals surface area contributed by atoms with Gasteiger partial charge < -0.3 is 20.1 Å². The molecule has 2 heterocycles. The van der Waals surface area contributed by atoms with Gasteiger partial charge >= 0.3 is 11.8 Å². The third kappa shape index (κ3) is 5.73. The summed E-state index contributed by atoms with van der Waals surface area (Å²) in [6.45, 7) is 2.40. The molecule has 30 heavy (non-hydrogen) atoms. The molecule has 1 saturated heterocycles. The molecule has 0 radical (unpaired) electrons. The van der Waals surface area contributed by atoms with Gasteiger partial charge in [0.2, 0.25) is 0 Å². The first-order valence-electron chi connectivity index (χ1n) is 10.2. The summed E-state index contributed by atoms with van der Waals surface area (Å²) in [5, 5.41) is 9.59. The molecule has 2 amide bonds. The Hall–Kier alpha value is -2.58. The molecule has 1 aromatic carbocycles. The van der Waals surface area contributed by atoms with Gasteiger partial charge in [0.1, 0.15) is 11.5 Å². The highest BCUT2D eigenvalue weighted by Crippen LogP contribution is 2.29. The van der Waals surface area contributed by atoms with Crippen LogP contribution in [0.15, 0.2) is 35.0 Å². The van der Waals surface area contributed by atoms with Crippen LogP contribution in [-0.2, 0) is 9.59 Å². The van der Waals surface area contributed by atoms with Crippen molar-refractivity contribution >= 4 is 28.8 Å². The monoisotopic (exact) mass is 431 g/mol. The topological polar surface area (TPSA) is 79.9 Å². The number of hydrogen-bond donors (Lipinski definition) is 2. The summed E-state index contributed by atoms with van der Waals surface area (Å²) >= 11 is 1.64. The molecule has 0 bridgehead atoms. The maximum atomic E-state index is 12.5. The largest absolute Gasteiger partial charge is 0.497 e. The smallest absolute Gasteiger partial charge is 0.313 e. The molecular formula is C22H29N3O4S. The maximum Gasteiger partial charge on any atom is 0.313 e. The molecule has 162 valence electrons. The summed E-state index contributed by atoms with van der Waals surface area (Å²) in [7, 11) is 3.05. The van der Waals surface area contributed by atoms with Crippen molar-refractivity contribution in [2.24, 2.45) is 0 Å². The number of rotatable bonds is 7. The Labute approximate surface area is 181 Å². The standard InChI is InChI=1S/C22H29N3O4S/c1-28-17-7-8-18(20(13-17)29-2)24-22(27)21(26)23-14-19(16-9-12-30-15-16)25-10-5-3-4-6-11-25/h7-9,12-13,15,19H,3-6,10-11,14H2,1-2H3,(H,23,26)(H,24,27)/t19-/m1/s1. The van der Waals surface area contributed by atoms with E-state index in [1.165, 1.54) is 25.5 Å². The number of ether oxygens (including phenoxy) is 2. The number of carbonyl (C=O) groups is 2. The van der Waals surface area contributed by atoms with Crippen molar-refractivity contribution in [2.45, 2.75) is 31.7 Å². The molecule has 2 N–H and O–H groups in total. The number of methoxy groups -OCH3 is 2. The predicted molar refractivity (Wildman–Crippen MR) is 118 cm³/mol. The van der Waals surface area contributed by atoms with E-state index >= 15 is 0 Å². The van der Waals surface area contributed by atoms with E-state index in [4.69, 9.17) is 9.47 Å². The van der Waals surface area contributed by atoms with Crippen molar-refractivity contribution in [1.29, 1.82) is 0 Å². The van der Waals surface area contributed by atoms with Crippen LogP contribution in [0.2, 0.25) is 0 Å². The van der Waals surface area contributed by atoms with E-state index in [-0.39, 0.29) is 6.04 Å². The van der Waals surface area contributed by atoms with E-state index in [0.29, 0.717) is 23.7 Å². The molecule has 0 saturated carbocycles. The number of likely N-dealkylation sites (tertiary alicyclic amines) is 1. The Morgan fingerprint density at radius 1 is 1.07 bits per heavy atom. The molecule has 8 heteroatoms. The summed E-state index contributed by atoms with van der Waals surface area (Å²) in [5.74, 6) is -0.358. The van der Waals surface area contributed by atoms with Crippen molar-refractivity contribution in [3.8, 4) is 11.5 Å². The normalized spacial score (nSPS) is 15.7. The van der Waals surface area contributed by atoms with Gasteiger partial charge in [-0.05, 0) is 60.5 Å². The van der Waals surface area contributed by atoms with Crippen LogP contribution in [0.5, 0.6) is 11.5 Å². The lowest BCUT2D eigenvalue weighted by Crippen LogP contribution is -2.42. The van der Waals surface area contributed by atoms with E-state index in [0.717, 1.165) is 25.9 Å². The highest BCUT2D eigenvalue weighted by molar-refractivity contribution is 7.08. The minimum atomic E-state index is -0.724. The molecule has 1 aromatic heterocycles. The lowest BCUT2D eigenvalue weighted by molar-refractivity contribution is -0.136. The van der Waals surface area contributed by atoms with Crippen LogP contribution in [-0.4, -0.2) is 50.6 Å². The predicted octanol–water partition coefficient (Wildman–Crippen LogP) is 3.44. The molecule has 0 unspecified atom stereocenters. The number of amides is 2. The van der Waals surface area contributed by atoms with Crippen molar-refractivity contribution in [3.63, 3.8) is 0 Å². The van der Waals surface area contributed by atoms with Gasteiger partial charge in [-0.1, -0.05) is 12.8 Å². The molecule has 7 nitrogen and oxygen atoms in total. The Bertz CT molecular complexity index is 833. The van der Waals surface area contributed by atoms with Gasteiger partial charge in [-0.3, -0.25) is 14.5 Å². The maximum absolute atomic E-state index is 12.5. The number of carbonyl (C=O) groups excluding carboxylic acids is 2. The van der Waals surface area contributed by atoms with Crippen molar-refractivity contribution < 1.29 is 19.1 Å². The lowest BCUT2D eigenvalue weighted by Gasteiger charge is -2.30. The number of nitrogens with one attached hydrogen (secondary N) is 2. The van der Waals surface area contributed by atoms with Crippen LogP contribution in [0.3, 0.4) is 0 Å². The Kier molecular flexibility index (Phi) is 8.10. The summed E-state index contributed by atoms with van der Waals surface area (Å²) in [6, 6.07) is 7.16. The van der Waals surface area contributed by atoms with Crippen LogP contribution in [0.1, 0.15) is 37.3 Å². The van der Waals surface area contributed by atoms with Crippen LogP contribution < -0.4 is 20.1 Å². The van der Waals surface area contributed by atoms with Gasteiger partial charge in [0.25, 0.3) is 0 Å². The van der Waals surface area contributed by atoms with Crippen LogP contribution in [0.4, 0.5) is 5.69 Å². The lowest BCUT2D eigenvalue weighted by atomic mass is 10.1. The zero-order valence-electron chi connectivity index (χ0n) is 17.5. The second-order valence-corrected chi connectivity index (χ2v) is 8.03. The van der Waals surface area contributed by atoms with Gasteiger partial charge in [0.05, 0.1) is 25.9 Å². The molecule has 1 aliphatic rings. The molecular weight excluding hydrogens is 402 g/mol. The SMILES string of the molecule is COc1ccc(NC(=O)C(=O)NC[C@H](c2ccsc2)N2CCCCCC2)c(OC)c1. The number of thiophene rings is 1. The first-order valence-corrected chi connectivity index (χ1v) is 11.1. The fraction of sp³-hybridized carbons (Fsp3) is 0.455. The third-order valence-electron chi connectivity index (χ3n) is 5.33. The van der Waals surface area contributed by atoms with Crippen molar-refractivity contribution in [3.05, 3.63) is 40.6 Å². The van der Waals surface area contributed by atoms with E-state index < -0.39 is 11.8 Å². The van der Waals surface area contributed by atoms with Crippen LogP contribution in [0, 0.1) is 0 Å². The summed E-state index contributed by atoms with van der Waals surface area (Å²) in [4.78, 5) is 27.4. The fourth-order valence-corrected chi connectivity index (χ4v) is 4.39. The summed E-state index contributed by atoms with van der Waals surface area (Å²) < 4.78 is 10.4. The fourth-order valence-electron chi connectivity index (χ4n) is 3.68. The third-order valence-corrected chi connectivity index (χ3v) is 6.03. The molecule has 3 rings (SSSR count). The van der Waals surface area contributed by atoms with E-state index in [2.05, 4.69) is 27.0 Å². The minimum absolute atomic E-state index is 0.0709. The van der Waals surface area contributed by atoms with Crippen molar-refractivity contribution in [1.82, 2.24) is 10.2 Å². The van der Waals surface area contributed by atoms with Gasteiger partial charge in [-0.25, -0.2) is 0 Å². The highest BCUT2D eigenvalue weighted by Gasteiger charge is 2.24. The first kappa shape index (κ1) is 22.1. The number of nitrogens with zero attached hydrogens (tertiary/aromatic N) is 1. The van der Waals surface area contributed by atoms with Crippen molar-refractivity contribution in [2.75, 3.05) is 39.2 Å². The zero-order chi connectivity index (χ0) is 21.3. The Balaban J connectivity index is 1.63. The zero-order valence-corrected chi connectivity index (χ0v) is 18.3. The first-order chi connectivity index (χ1) is 14.6. The molecule has 1 aliphatic heterocycles. The van der Waals surface area contributed by atoms with E-state index in [9.17, 15) is 9.59 Å². The number of hydrogen-bond acceptors (Lipinski definition) is 6. The van der Waals surface area contributed by atoms with Gasteiger partial charge in [-0.2, -0.15) is 11.3 Å². The average molecular weight is 432 g/mol. The average Bonchev–Trinajstić information content (AvgIpc) is 3.16. The van der Waals surface area contributed by atoms with Gasteiger partial charge in [-0.15, -0.1) is 0 Å². The molecule has 0 aliphatic carbocycles. The summed E-state index contributed by atoms with van der Waals surface area (Å²) in [5.41, 5.74) is 1.60. The molecule has 1 fully saturated rings. The molecule has 0 spiro atoms. The second-order valence-electron chi connectivity index (χ2n) is 7.25.